The molecule has 0 bridgehead atoms. The first-order chi connectivity index (χ1) is 7.75. The molecule has 80 valence electrons. The van der Waals surface area contributed by atoms with Gasteiger partial charge in [0.1, 0.15) is 0 Å². The van der Waals surface area contributed by atoms with Crippen LogP contribution in [0.15, 0.2) is 36.7 Å². The summed E-state index contributed by atoms with van der Waals surface area (Å²) in [6.07, 6.45) is 9.92. The van der Waals surface area contributed by atoms with Crippen molar-refractivity contribution in [3.05, 3.63) is 58.9 Å². The van der Waals surface area contributed by atoms with E-state index in [9.17, 15) is 0 Å². The molecule has 0 saturated heterocycles. The first-order valence-corrected chi connectivity index (χ1v) is 5.70. The van der Waals surface area contributed by atoms with Crippen molar-refractivity contribution in [3.63, 3.8) is 0 Å². The minimum Gasteiger partial charge on any atom is -0.323 e. The van der Waals surface area contributed by atoms with Crippen LogP contribution in [0.25, 0.3) is 11.8 Å². The number of nitrogens with zero attached hydrogens (tertiary/aromatic N) is 1. The summed E-state index contributed by atoms with van der Waals surface area (Å²) < 4.78 is 2.25. The molecular weight excluding hydrogens is 194 g/mol. The number of aryl methyl sites for hydroxylation is 2. The van der Waals surface area contributed by atoms with E-state index in [1.54, 1.807) is 0 Å². The van der Waals surface area contributed by atoms with Crippen molar-refractivity contribution >= 4 is 6.08 Å². The van der Waals surface area contributed by atoms with Gasteiger partial charge in [-0.1, -0.05) is 24.3 Å². The molecule has 1 aliphatic carbocycles. The largest absolute Gasteiger partial charge is 0.323 e. The van der Waals surface area contributed by atoms with Crippen LogP contribution in [0.1, 0.15) is 22.3 Å². The number of benzene rings is 1. The summed E-state index contributed by atoms with van der Waals surface area (Å²) in [5.41, 5.74) is 6.82. The summed E-state index contributed by atoms with van der Waals surface area (Å²) in [7, 11) is 0. The first-order valence-electron chi connectivity index (χ1n) is 5.70. The Kier molecular flexibility index (Phi) is 2.00. The van der Waals surface area contributed by atoms with Crippen molar-refractivity contribution in [2.75, 3.05) is 0 Å². The Hall–Kier alpha value is -1.76. The van der Waals surface area contributed by atoms with E-state index in [1.807, 2.05) is 0 Å². The molecule has 1 aromatic carbocycles. The Balaban J connectivity index is 2.18. The Morgan fingerprint density at radius 3 is 2.56 bits per heavy atom. The van der Waals surface area contributed by atoms with Crippen LogP contribution in [0.4, 0.5) is 0 Å². The lowest BCUT2D eigenvalue weighted by Crippen LogP contribution is -1.96. The summed E-state index contributed by atoms with van der Waals surface area (Å²) in [5, 5.41) is 0. The van der Waals surface area contributed by atoms with E-state index in [0.717, 1.165) is 6.42 Å². The molecule has 0 N–H and O–H groups in total. The zero-order valence-electron chi connectivity index (χ0n) is 9.70. The second-order valence-corrected chi connectivity index (χ2v) is 4.48. The smallest absolute Gasteiger partial charge is 0.0490 e. The molecule has 1 aromatic heterocycles. The average molecular weight is 209 g/mol. The Bertz CT molecular complexity index is 554. The molecule has 0 radical (unpaired) electrons. The summed E-state index contributed by atoms with van der Waals surface area (Å²) in [4.78, 5) is 0. The van der Waals surface area contributed by atoms with Crippen LogP contribution in [0, 0.1) is 13.8 Å². The lowest BCUT2D eigenvalue weighted by atomic mass is 10.1. The van der Waals surface area contributed by atoms with Gasteiger partial charge in [-0.25, -0.2) is 0 Å². The fourth-order valence-corrected chi connectivity index (χ4v) is 2.31. The number of rotatable bonds is 1. The molecule has 0 amide bonds. The van der Waals surface area contributed by atoms with E-state index in [2.05, 4.69) is 61.2 Å². The normalized spacial score (nSPS) is 13.1. The Morgan fingerprint density at radius 2 is 1.81 bits per heavy atom. The highest BCUT2D eigenvalue weighted by atomic mass is 15.0. The third kappa shape index (κ3) is 1.32. The molecule has 0 fully saturated rings. The Labute approximate surface area is 96.0 Å². The van der Waals surface area contributed by atoms with Crippen molar-refractivity contribution in [1.82, 2.24) is 4.57 Å². The molecule has 1 heteroatoms. The van der Waals surface area contributed by atoms with Gasteiger partial charge in [0.05, 0.1) is 0 Å². The quantitative estimate of drug-likeness (QED) is 0.675. The van der Waals surface area contributed by atoms with Crippen LogP contribution >= 0.6 is 0 Å². The minimum absolute atomic E-state index is 1.06. The molecule has 0 unspecified atom stereocenters. The number of allylic oxidation sites excluding steroid dienone is 1. The van der Waals surface area contributed by atoms with E-state index >= 15 is 0 Å². The molecule has 0 spiro atoms. The summed E-state index contributed by atoms with van der Waals surface area (Å²) >= 11 is 0. The number of aromatic nitrogens is 1. The fourth-order valence-electron chi connectivity index (χ4n) is 2.31. The van der Waals surface area contributed by atoms with Crippen LogP contribution in [0.2, 0.25) is 0 Å². The molecule has 1 nitrogen and oxygen atoms in total. The molecule has 0 saturated carbocycles. The number of fused-ring (bicyclic) bond motifs is 1. The van der Waals surface area contributed by atoms with Crippen LogP contribution < -0.4 is 0 Å². The Morgan fingerprint density at radius 1 is 1.06 bits per heavy atom. The zero-order valence-corrected chi connectivity index (χ0v) is 9.70. The molecule has 0 atom stereocenters. The number of hydrogen-bond donors (Lipinski definition) is 0. The lowest BCUT2D eigenvalue weighted by Gasteiger charge is -2.09. The van der Waals surface area contributed by atoms with Crippen molar-refractivity contribution in [2.24, 2.45) is 0 Å². The van der Waals surface area contributed by atoms with Gasteiger partial charge in [0, 0.05) is 18.1 Å². The molecule has 1 aliphatic rings. The predicted octanol–water partition coefficient (Wildman–Crippen LogP) is 3.66. The highest BCUT2D eigenvalue weighted by Gasteiger charge is 2.11. The van der Waals surface area contributed by atoms with Crippen LogP contribution in [-0.2, 0) is 6.42 Å². The van der Waals surface area contributed by atoms with Gasteiger partial charge in [-0.15, -0.1) is 0 Å². The van der Waals surface area contributed by atoms with Gasteiger partial charge in [-0.05, 0) is 48.6 Å². The van der Waals surface area contributed by atoms with Gasteiger partial charge in [-0.2, -0.15) is 0 Å². The van der Waals surface area contributed by atoms with Crippen molar-refractivity contribution in [3.8, 4) is 5.69 Å². The van der Waals surface area contributed by atoms with Gasteiger partial charge < -0.3 is 4.57 Å². The first kappa shape index (κ1) is 9.46. The van der Waals surface area contributed by atoms with Crippen molar-refractivity contribution in [1.29, 1.82) is 0 Å². The molecule has 16 heavy (non-hydrogen) atoms. The van der Waals surface area contributed by atoms with E-state index in [0.29, 0.717) is 0 Å². The molecule has 0 aliphatic heterocycles. The molecule has 3 rings (SSSR count). The maximum absolute atomic E-state index is 2.25. The topological polar surface area (TPSA) is 4.93 Å². The van der Waals surface area contributed by atoms with Crippen LogP contribution in [0.3, 0.4) is 0 Å². The lowest BCUT2D eigenvalue weighted by molar-refractivity contribution is 1.04. The second kappa shape index (κ2) is 3.38. The van der Waals surface area contributed by atoms with Crippen LogP contribution in [-0.4, -0.2) is 4.57 Å². The van der Waals surface area contributed by atoms with E-state index < -0.39 is 0 Å². The maximum atomic E-state index is 2.25. The van der Waals surface area contributed by atoms with E-state index in [1.165, 1.54) is 27.9 Å². The highest BCUT2D eigenvalue weighted by molar-refractivity contribution is 5.65. The minimum atomic E-state index is 1.06. The van der Waals surface area contributed by atoms with Gasteiger partial charge in [0.2, 0.25) is 0 Å². The maximum Gasteiger partial charge on any atom is 0.0490 e. The summed E-state index contributed by atoms with van der Waals surface area (Å²) in [6, 6.07) is 6.52. The van der Waals surface area contributed by atoms with Crippen molar-refractivity contribution in [2.45, 2.75) is 20.3 Å². The van der Waals surface area contributed by atoms with Crippen molar-refractivity contribution < 1.29 is 0 Å². The summed E-state index contributed by atoms with van der Waals surface area (Å²) in [6.45, 7) is 4.32. The molecular formula is C15H15N. The van der Waals surface area contributed by atoms with Gasteiger partial charge >= 0.3 is 0 Å². The summed E-state index contributed by atoms with van der Waals surface area (Å²) in [5.74, 6) is 0. The van der Waals surface area contributed by atoms with Gasteiger partial charge in [0.25, 0.3) is 0 Å². The SMILES string of the molecule is Cc1cn(-c2cccc3c2CC=C3)cc1C. The average Bonchev–Trinajstić information content (AvgIpc) is 2.85. The second-order valence-electron chi connectivity index (χ2n) is 4.48. The zero-order chi connectivity index (χ0) is 11.1. The van der Waals surface area contributed by atoms with E-state index in [4.69, 9.17) is 0 Å². The third-order valence-electron chi connectivity index (χ3n) is 3.37. The molecule has 1 heterocycles. The predicted molar refractivity (Wildman–Crippen MR) is 68.0 cm³/mol. The van der Waals surface area contributed by atoms with Crippen LogP contribution in [0.5, 0.6) is 0 Å². The standard InChI is InChI=1S/C15H15N/c1-11-9-16(10-12(11)2)15-8-4-6-13-5-3-7-14(13)15/h3-6,8-10H,7H2,1-2H3. The van der Waals surface area contributed by atoms with E-state index in [-0.39, 0.29) is 0 Å². The number of hydrogen-bond acceptors (Lipinski definition) is 0. The fraction of sp³-hybridized carbons (Fsp3) is 0.200. The van der Waals surface area contributed by atoms with Gasteiger partial charge in [-0.3, -0.25) is 0 Å². The third-order valence-corrected chi connectivity index (χ3v) is 3.37. The molecule has 2 aromatic rings. The van der Waals surface area contributed by atoms with Gasteiger partial charge in [0.15, 0.2) is 0 Å². The monoisotopic (exact) mass is 209 g/mol. The highest BCUT2D eigenvalue weighted by Crippen LogP contribution is 2.26.